The lowest BCUT2D eigenvalue weighted by Gasteiger charge is -2.34. The summed E-state index contributed by atoms with van der Waals surface area (Å²) in [6, 6.07) is 18.9. The molecule has 0 aromatic heterocycles. The summed E-state index contributed by atoms with van der Waals surface area (Å²) in [5.74, 6) is -0.627. The third-order valence-corrected chi connectivity index (χ3v) is 8.66. The molecule has 2 atom stereocenters. The van der Waals surface area contributed by atoms with Crippen LogP contribution in [0.1, 0.15) is 94.2 Å². The lowest BCUT2D eigenvalue weighted by Crippen LogP contribution is -2.40. The van der Waals surface area contributed by atoms with Crippen LogP contribution in [0.5, 0.6) is 11.5 Å². The zero-order valence-corrected chi connectivity index (χ0v) is 28.5. The highest BCUT2D eigenvalue weighted by atomic mass is 16.5. The second-order valence-corrected chi connectivity index (χ2v) is 13.1. The Kier molecular flexibility index (Phi) is 13.7. The van der Waals surface area contributed by atoms with Crippen molar-refractivity contribution in [2.75, 3.05) is 6.61 Å². The normalized spacial score (nSPS) is 12.8. The van der Waals surface area contributed by atoms with Crippen LogP contribution in [0.15, 0.2) is 60.7 Å². The van der Waals surface area contributed by atoms with Crippen molar-refractivity contribution in [2.45, 2.75) is 106 Å². The topological polar surface area (TPSA) is 116 Å². The molecule has 0 aliphatic heterocycles. The van der Waals surface area contributed by atoms with Crippen molar-refractivity contribution in [3.05, 3.63) is 94.0 Å². The predicted molar refractivity (Wildman–Crippen MR) is 181 cm³/mol. The molecule has 0 spiro atoms. The molecule has 45 heavy (non-hydrogen) atoms. The van der Waals surface area contributed by atoms with Gasteiger partial charge in [-0.15, -0.1) is 0 Å². The number of carboxylic acid groups (broad SMARTS) is 1. The Morgan fingerprint density at radius 2 is 1.42 bits per heavy atom. The molecule has 3 rings (SSSR count). The van der Waals surface area contributed by atoms with E-state index in [0.717, 1.165) is 31.2 Å². The fourth-order valence-corrected chi connectivity index (χ4v) is 5.37. The van der Waals surface area contributed by atoms with Crippen molar-refractivity contribution < 1.29 is 29.6 Å². The molecule has 0 radical (unpaired) electrons. The summed E-state index contributed by atoms with van der Waals surface area (Å²) in [5.41, 5.74) is 6.78. The first-order chi connectivity index (χ1) is 21.0. The molecule has 0 bridgehead atoms. The lowest BCUT2D eigenvalue weighted by molar-refractivity contribution is -0.141. The Morgan fingerprint density at radius 3 is 1.89 bits per heavy atom. The molecular formula is C38H53NO6. The standard InChI is InChI=1S/C31H45NO5.C7H8O/c1-9-31(10-2,24-13-11-23(20(3)17-24)12-16-27(33)30(6,7)8)25-14-15-26(21(4)18-25)37-19-28(34)32-22(5)29(35)36;1-6-2-4-7(8)5-3-6/h11,13-15,17-18,22,27,33H,9-10,12,16,19H2,1-8H3,(H,32,34)(H,35,36);2-5,8H,1H3/t22-,27?;/m0./s1. The number of carboxylic acids is 1. The number of nitrogens with one attached hydrogen (secondary N) is 1. The summed E-state index contributed by atoms with van der Waals surface area (Å²) >= 11 is 0. The number of carbonyl (C=O) groups excluding carboxylic acids is 1. The SMILES string of the molecule is CCC(CC)(c1ccc(CCC(O)C(C)(C)C)c(C)c1)c1ccc(OCC(=O)N[C@@H](C)C(=O)O)c(C)c1.Cc1ccc(O)cc1. The molecule has 0 aliphatic carbocycles. The van der Waals surface area contributed by atoms with Crippen molar-refractivity contribution in [3.63, 3.8) is 0 Å². The predicted octanol–water partition coefficient (Wildman–Crippen LogP) is 7.42. The van der Waals surface area contributed by atoms with E-state index in [1.165, 1.54) is 34.7 Å². The molecule has 0 saturated carbocycles. The highest BCUT2D eigenvalue weighted by Crippen LogP contribution is 2.41. The maximum Gasteiger partial charge on any atom is 0.325 e. The van der Waals surface area contributed by atoms with Crippen LogP contribution in [0.4, 0.5) is 0 Å². The number of phenols is 1. The van der Waals surface area contributed by atoms with Crippen molar-refractivity contribution >= 4 is 11.9 Å². The number of hydrogen-bond donors (Lipinski definition) is 4. The van der Waals surface area contributed by atoms with Gasteiger partial charge in [-0.3, -0.25) is 9.59 Å². The van der Waals surface area contributed by atoms with E-state index in [-0.39, 0.29) is 23.5 Å². The van der Waals surface area contributed by atoms with Crippen LogP contribution < -0.4 is 10.1 Å². The van der Waals surface area contributed by atoms with Gasteiger partial charge in [0, 0.05) is 5.41 Å². The Bertz CT molecular complexity index is 1380. The third-order valence-electron chi connectivity index (χ3n) is 8.66. The molecule has 3 aromatic carbocycles. The molecule has 0 heterocycles. The lowest BCUT2D eigenvalue weighted by atomic mass is 9.69. The van der Waals surface area contributed by atoms with Crippen LogP contribution in [0, 0.1) is 26.2 Å². The summed E-state index contributed by atoms with van der Waals surface area (Å²) in [6.07, 6.45) is 3.11. The highest BCUT2D eigenvalue weighted by molar-refractivity contribution is 5.84. The Labute approximate surface area is 269 Å². The average Bonchev–Trinajstić information content (AvgIpc) is 2.98. The van der Waals surface area contributed by atoms with Crippen LogP contribution in [0.25, 0.3) is 0 Å². The van der Waals surface area contributed by atoms with Gasteiger partial charge >= 0.3 is 5.97 Å². The van der Waals surface area contributed by atoms with E-state index in [2.05, 4.69) is 77.2 Å². The van der Waals surface area contributed by atoms with Gasteiger partial charge in [0.2, 0.25) is 0 Å². The first-order valence-electron chi connectivity index (χ1n) is 15.8. The number of aromatic hydroxyl groups is 1. The van der Waals surface area contributed by atoms with Gasteiger partial charge in [-0.25, -0.2) is 0 Å². The number of aryl methyl sites for hydroxylation is 4. The second-order valence-electron chi connectivity index (χ2n) is 13.1. The van der Waals surface area contributed by atoms with Crippen LogP contribution in [0.2, 0.25) is 0 Å². The highest BCUT2D eigenvalue weighted by Gasteiger charge is 2.31. The minimum atomic E-state index is -1.09. The van der Waals surface area contributed by atoms with Gasteiger partial charge in [-0.1, -0.05) is 82.6 Å². The molecule has 1 amide bonds. The van der Waals surface area contributed by atoms with E-state index in [1.54, 1.807) is 12.1 Å². The maximum absolute atomic E-state index is 12.0. The summed E-state index contributed by atoms with van der Waals surface area (Å²) in [7, 11) is 0. The monoisotopic (exact) mass is 619 g/mol. The Balaban J connectivity index is 0.000000761. The number of carbonyl (C=O) groups is 2. The number of benzene rings is 3. The number of hydrogen-bond acceptors (Lipinski definition) is 5. The third kappa shape index (κ3) is 10.6. The molecule has 246 valence electrons. The molecule has 4 N–H and O–H groups in total. The van der Waals surface area contributed by atoms with Crippen molar-refractivity contribution in [1.29, 1.82) is 0 Å². The van der Waals surface area contributed by atoms with Crippen LogP contribution in [-0.4, -0.2) is 45.9 Å². The zero-order valence-electron chi connectivity index (χ0n) is 28.5. The fraction of sp³-hybridized carbons (Fsp3) is 0.474. The largest absolute Gasteiger partial charge is 0.508 e. The number of phenolic OH excluding ortho intramolecular Hbond substituents is 1. The van der Waals surface area contributed by atoms with Crippen LogP contribution >= 0.6 is 0 Å². The molecule has 1 unspecified atom stereocenters. The Morgan fingerprint density at radius 1 is 0.867 bits per heavy atom. The van der Waals surface area contributed by atoms with Crippen molar-refractivity contribution in [2.24, 2.45) is 5.41 Å². The summed E-state index contributed by atoms with van der Waals surface area (Å²) < 4.78 is 5.70. The smallest absolute Gasteiger partial charge is 0.325 e. The minimum absolute atomic E-state index is 0.123. The van der Waals surface area contributed by atoms with Gasteiger partial charge in [0.25, 0.3) is 5.91 Å². The maximum atomic E-state index is 12.0. The van der Waals surface area contributed by atoms with Crippen molar-refractivity contribution in [3.8, 4) is 11.5 Å². The summed E-state index contributed by atoms with van der Waals surface area (Å²) in [5, 5.41) is 30.6. The van der Waals surface area contributed by atoms with E-state index in [1.807, 2.05) is 32.0 Å². The zero-order chi connectivity index (χ0) is 33.9. The first kappa shape index (κ1) is 37.3. The molecular weight excluding hydrogens is 566 g/mol. The quantitative estimate of drug-likeness (QED) is 0.168. The van der Waals surface area contributed by atoms with Crippen molar-refractivity contribution in [1.82, 2.24) is 5.32 Å². The van der Waals surface area contributed by atoms with Gasteiger partial charge in [0.1, 0.15) is 17.5 Å². The first-order valence-corrected chi connectivity index (χ1v) is 15.8. The van der Waals surface area contributed by atoms with E-state index >= 15 is 0 Å². The number of aliphatic hydroxyl groups excluding tert-OH is 1. The molecule has 0 aliphatic rings. The minimum Gasteiger partial charge on any atom is -0.508 e. The van der Waals surface area contributed by atoms with Gasteiger partial charge in [0.05, 0.1) is 6.10 Å². The van der Waals surface area contributed by atoms with E-state index in [4.69, 9.17) is 14.9 Å². The number of rotatable bonds is 12. The fourth-order valence-electron chi connectivity index (χ4n) is 5.37. The van der Waals surface area contributed by atoms with E-state index < -0.39 is 17.9 Å². The molecule has 7 nitrogen and oxygen atoms in total. The molecule has 0 saturated heterocycles. The number of aliphatic hydroxyl groups is 1. The van der Waals surface area contributed by atoms with Gasteiger partial charge in [0.15, 0.2) is 6.61 Å². The number of ether oxygens (including phenoxy) is 1. The van der Waals surface area contributed by atoms with Crippen LogP contribution in [-0.2, 0) is 21.4 Å². The molecule has 3 aromatic rings. The summed E-state index contributed by atoms with van der Waals surface area (Å²) in [4.78, 5) is 23.0. The Hall–Kier alpha value is -3.84. The average molecular weight is 620 g/mol. The van der Waals surface area contributed by atoms with Gasteiger partial charge in [-0.05, 0) is 105 Å². The number of amides is 1. The van der Waals surface area contributed by atoms with E-state index in [0.29, 0.717) is 11.5 Å². The van der Waals surface area contributed by atoms with Crippen LogP contribution in [0.3, 0.4) is 0 Å². The second kappa shape index (κ2) is 16.5. The number of aliphatic carboxylic acids is 1. The molecule has 0 fully saturated rings. The summed E-state index contributed by atoms with van der Waals surface area (Å²) in [6.45, 7) is 17.9. The van der Waals surface area contributed by atoms with E-state index in [9.17, 15) is 14.7 Å². The van der Waals surface area contributed by atoms with Gasteiger partial charge in [-0.2, -0.15) is 0 Å². The molecule has 7 heteroatoms. The van der Waals surface area contributed by atoms with Gasteiger partial charge < -0.3 is 25.4 Å².